The molecule has 1 saturated heterocycles. The second kappa shape index (κ2) is 20.6. The van der Waals surface area contributed by atoms with Gasteiger partial charge in [-0.05, 0) is 58.6 Å². The van der Waals surface area contributed by atoms with Gasteiger partial charge in [-0.1, -0.05) is 39.0 Å². The molecule has 1 aliphatic rings. The summed E-state index contributed by atoms with van der Waals surface area (Å²) < 4.78 is 23.9. The van der Waals surface area contributed by atoms with Crippen LogP contribution in [0.5, 0.6) is 0 Å². The van der Waals surface area contributed by atoms with Gasteiger partial charge in [0.05, 0.1) is 36.4 Å². The van der Waals surface area contributed by atoms with Crippen LogP contribution in [0.4, 0.5) is 4.79 Å². The number of rotatable bonds is 16. The molecule has 0 radical (unpaired) electrons. The molecule has 0 bridgehead atoms. The van der Waals surface area contributed by atoms with E-state index in [0.29, 0.717) is 19.4 Å². The van der Waals surface area contributed by atoms with Gasteiger partial charge >= 0.3 is 30.9 Å². The fraction of sp³-hybridized carbons (Fsp3) is 0.719. The molecule has 1 aliphatic heterocycles. The van der Waals surface area contributed by atoms with Gasteiger partial charge in [-0.15, -0.1) is 6.54 Å². The number of carbonyl (C=O) groups excluding carboxylic acids is 1. The molecule has 1 rings (SSSR count). The van der Waals surface area contributed by atoms with Gasteiger partial charge in [-0.2, -0.15) is 6.42 Å². The molecule has 0 spiro atoms. The Balaban J connectivity index is 0. The summed E-state index contributed by atoms with van der Waals surface area (Å²) in [5.41, 5.74) is 0.634. The number of carboxylic acids is 1. The van der Waals surface area contributed by atoms with Crippen LogP contribution in [-0.4, -0.2) is 78.4 Å². The second-order valence-corrected chi connectivity index (χ2v) is 11.4. The van der Waals surface area contributed by atoms with Crippen molar-refractivity contribution >= 4 is 12.1 Å². The first-order valence-electron chi connectivity index (χ1n) is 14.2. The Morgan fingerprint density at radius 1 is 1.24 bits per heavy atom. The molecule has 7 atom stereocenters. The van der Waals surface area contributed by atoms with Crippen molar-refractivity contribution in [1.29, 1.82) is 0 Å². The van der Waals surface area contributed by atoms with Crippen molar-refractivity contribution in [1.82, 2.24) is 4.90 Å². The summed E-state index contributed by atoms with van der Waals surface area (Å²) in [6.07, 6.45) is 6.85. The minimum absolute atomic E-state index is 0. The number of carboxylic acid groups (broad SMARTS) is 1. The number of carbonyl (C=O) groups is 2. The molecule has 9 heteroatoms. The molecule has 0 aromatic heterocycles. The molecule has 0 aliphatic carbocycles. The summed E-state index contributed by atoms with van der Waals surface area (Å²) in [6.45, 7) is 22.8. The Hall–Kier alpha value is -1.30. The van der Waals surface area contributed by atoms with Gasteiger partial charge in [0.1, 0.15) is 6.10 Å². The topological polar surface area (TPSA) is 94.5 Å². The summed E-state index contributed by atoms with van der Waals surface area (Å²) in [5.74, 6) is -0.826. The molecule has 0 saturated carbocycles. The van der Waals surface area contributed by atoms with Crippen LogP contribution in [0.2, 0.25) is 0 Å². The number of aliphatic carboxylic acids is 1. The van der Waals surface area contributed by atoms with Crippen molar-refractivity contribution in [3.63, 3.8) is 0 Å². The van der Waals surface area contributed by atoms with Gasteiger partial charge in [0.2, 0.25) is 0 Å². The van der Waals surface area contributed by atoms with Crippen LogP contribution in [0.15, 0.2) is 23.8 Å². The molecule has 1 heterocycles. The van der Waals surface area contributed by atoms with Crippen LogP contribution >= 0.6 is 0 Å². The van der Waals surface area contributed by atoms with Crippen LogP contribution < -0.4 is 18.9 Å². The molecule has 0 unspecified atom stereocenters. The zero-order valence-corrected chi connectivity index (χ0v) is 27.5. The largest absolute Gasteiger partial charge is 1.00 e. The van der Waals surface area contributed by atoms with E-state index >= 15 is 0 Å². The number of methoxy groups -OCH3 is 1. The van der Waals surface area contributed by atoms with Crippen molar-refractivity contribution in [2.75, 3.05) is 20.2 Å². The van der Waals surface area contributed by atoms with Crippen molar-refractivity contribution in [3.05, 3.63) is 45.1 Å². The fourth-order valence-electron chi connectivity index (χ4n) is 5.40. The zero-order chi connectivity index (χ0) is 29.8. The molecule has 1 fully saturated rings. The standard InChI is InChI=1S/C31H53NO7.CH3.Li/c1-11-17-32(13-3)30(35)38-27-18-25(19-28(33)34)37-29(23(27)6)22(5)16-14-15-21(4)20-31(8,9)39-24(7)26(12-2)36-10;;/h14-16,21,23-27,29H,1,3,11-13,17-20H2,2,4-10H3,(H,33,34);1H3;/q-2;-1;+1/b15-14+,22-16+;;/t21-,23+,24-,25-,26+,27-,29-;;/m1../s1. The van der Waals surface area contributed by atoms with Crippen molar-refractivity contribution in [2.24, 2.45) is 11.8 Å². The summed E-state index contributed by atoms with van der Waals surface area (Å²) in [7, 11) is 1.72. The van der Waals surface area contributed by atoms with Gasteiger partial charge in [0.15, 0.2) is 0 Å². The molecular formula is C32H56LiNO7-2. The fourth-order valence-corrected chi connectivity index (χ4v) is 5.40. The van der Waals surface area contributed by atoms with E-state index in [1.54, 1.807) is 7.11 Å². The maximum atomic E-state index is 12.7. The molecule has 1 amide bonds. The third-order valence-corrected chi connectivity index (χ3v) is 7.30. The van der Waals surface area contributed by atoms with Crippen LogP contribution in [0.1, 0.15) is 80.6 Å². The molecule has 41 heavy (non-hydrogen) atoms. The second-order valence-electron chi connectivity index (χ2n) is 11.4. The van der Waals surface area contributed by atoms with E-state index < -0.39 is 24.3 Å². The molecule has 0 aromatic carbocycles. The quantitative estimate of drug-likeness (QED) is 0.171. The van der Waals surface area contributed by atoms with E-state index in [-0.39, 0.29) is 75.0 Å². The summed E-state index contributed by atoms with van der Waals surface area (Å²) in [5, 5.41) is 9.38. The van der Waals surface area contributed by atoms with Gasteiger partial charge in [-0.3, -0.25) is 4.79 Å². The predicted molar refractivity (Wildman–Crippen MR) is 161 cm³/mol. The molecule has 1 N–H and O–H groups in total. The van der Waals surface area contributed by atoms with E-state index in [4.69, 9.17) is 18.9 Å². The van der Waals surface area contributed by atoms with Gasteiger partial charge in [0, 0.05) is 19.4 Å². The van der Waals surface area contributed by atoms with Crippen LogP contribution in [0.25, 0.3) is 0 Å². The van der Waals surface area contributed by atoms with E-state index in [9.17, 15) is 14.7 Å². The van der Waals surface area contributed by atoms with Crippen LogP contribution in [0.3, 0.4) is 0 Å². The first kappa shape index (κ1) is 41.8. The average molecular weight is 574 g/mol. The minimum atomic E-state index is -0.944. The number of hydrogen-bond donors (Lipinski definition) is 1. The molecule has 8 nitrogen and oxygen atoms in total. The van der Waals surface area contributed by atoms with Crippen molar-refractivity contribution in [3.8, 4) is 0 Å². The van der Waals surface area contributed by atoms with Gasteiger partial charge < -0.3 is 50.2 Å². The van der Waals surface area contributed by atoms with Gasteiger partial charge in [-0.25, -0.2) is 4.79 Å². The molecular weight excluding hydrogens is 517 g/mol. The Labute approximate surface area is 262 Å². The van der Waals surface area contributed by atoms with Crippen LogP contribution in [-0.2, 0) is 23.7 Å². The molecule has 0 aromatic rings. The Morgan fingerprint density at radius 2 is 1.88 bits per heavy atom. The first-order valence-corrected chi connectivity index (χ1v) is 14.2. The third kappa shape index (κ3) is 14.6. The first-order chi connectivity index (χ1) is 18.3. The number of nitrogens with zero attached hydrogens (tertiary/aromatic N) is 1. The number of hydrogen-bond acceptors (Lipinski definition) is 6. The maximum Gasteiger partial charge on any atom is 1.00 e. The Kier molecular flexibility index (Phi) is 21.0. The Bertz CT molecular complexity index is 812. The van der Waals surface area contributed by atoms with Gasteiger partial charge in [0.25, 0.3) is 0 Å². The maximum absolute atomic E-state index is 12.7. The summed E-state index contributed by atoms with van der Waals surface area (Å²) in [4.78, 5) is 25.7. The van der Waals surface area contributed by atoms with E-state index in [1.807, 2.05) is 26.0 Å². The Morgan fingerprint density at radius 3 is 2.39 bits per heavy atom. The van der Waals surface area contributed by atoms with E-state index in [2.05, 4.69) is 54.5 Å². The van der Waals surface area contributed by atoms with Crippen LogP contribution in [0, 0.1) is 33.1 Å². The predicted octanol–water partition coefficient (Wildman–Crippen LogP) is 3.71. The smallest absolute Gasteiger partial charge is 0.481 e. The van der Waals surface area contributed by atoms with Crippen molar-refractivity contribution < 1.29 is 52.5 Å². The zero-order valence-electron chi connectivity index (χ0n) is 27.5. The van der Waals surface area contributed by atoms with E-state index in [0.717, 1.165) is 18.4 Å². The normalized spacial score (nSPS) is 23.6. The SMILES string of the molecule is [CH2-]CCN(C[CH2-])C(=O)O[C@@H]1C[C@H](CC(=O)O)O[C@H](/C(C)=C/C=C/[C@@H](C)CC(C)(C)O[C@H](C)[C@H](CC)OC)[C@H]1C.[CH3-].[Li+]. The van der Waals surface area contributed by atoms with Crippen molar-refractivity contribution in [2.45, 2.75) is 117 Å². The summed E-state index contributed by atoms with van der Waals surface area (Å²) >= 11 is 0. The minimum Gasteiger partial charge on any atom is -0.481 e. The van der Waals surface area contributed by atoms with E-state index in [1.165, 1.54) is 4.90 Å². The number of amides is 1. The summed E-state index contributed by atoms with van der Waals surface area (Å²) in [6, 6.07) is 0. The third-order valence-electron chi connectivity index (χ3n) is 7.30. The monoisotopic (exact) mass is 573 g/mol. The molecule has 234 valence electrons. The number of allylic oxidation sites excluding steroid dienone is 3. The average Bonchev–Trinajstić information content (AvgIpc) is 2.83. The number of ether oxygens (including phenoxy) is 4.